The molecule has 0 spiro atoms. The standard InChI is InChI=1S/C29H35FN4O4/c1-19-7-10-27(38-19)21-17-31-29(32-18-21)34-13-11-20(12-14-34)4-3-15-37-22-8-9-23(24(30)16-22)28(36)33-25-5-2-6-26(25)35/h7-10,16-18,20,25-26,35H,2-6,11-15H2,1H3,(H,33,36)/t25-,26-/m0/s1. The van der Waals surface area contributed by atoms with Crippen LogP contribution in [0.2, 0.25) is 0 Å². The number of aliphatic hydroxyl groups excluding tert-OH is 1. The van der Waals surface area contributed by atoms with Crippen LogP contribution in [0.5, 0.6) is 5.75 Å². The number of benzene rings is 1. The molecule has 0 radical (unpaired) electrons. The zero-order chi connectivity index (χ0) is 26.5. The normalized spacial score (nSPS) is 20.0. The number of ether oxygens (including phenoxy) is 1. The van der Waals surface area contributed by atoms with Crippen LogP contribution in [-0.2, 0) is 0 Å². The van der Waals surface area contributed by atoms with Gasteiger partial charge in [-0.25, -0.2) is 14.4 Å². The SMILES string of the molecule is Cc1ccc(-c2cnc(N3CCC(CCCOc4ccc(C(=O)N[C@H]5CCC[C@@H]5O)c(F)c4)CC3)nc2)o1. The van der Waals surface area contributed by atoms with Gasteiger partial charge in [-0.2, -0.15) is 0 Å². The van der Waals surface area contributed by atoms with Crippen molar-refractivity contribution in [2.75, 3.05) is 24.6 Å². The smallest absolute Gasteiger partial charge is 0.254 e. The van der Waals surface area contributed by atoms with Gasteiger partial charge >= 0.3 is 0 Å². The van der Waals surface area contributed by atoms with Crippen LogP contribution in [0.3, 0.4) is 0 Å². The Labute approximate surface area is 222 Å². The van der Waals surface area contributed by atoms with Gasteiger partial charge < -0.3 is 24.5 Å². The first-order chi connectivity index (χ1) is 18.5. The summed E-state index contributed by atoms with van der Waals surface area (Å²) in [5, 5.41) is 12.6. The largest absolute Gasteiger partial charge is 0.493 e. The summed E-state index contributed by atoms with van der Waals surface area (Å²) in [4.78, 5) is 23.7. The molecule has 0 bridgehead atoms. The van der Waals surface area contributed by atoms with Crippen LogP contribution in [0.1, 0.15) is 61.1 Å². The number of hydrogen-bond donors (Lipinski definition) is 2. The molecule has 1 saturated carbocycles. The molecule has 202 valence electrons. The lowest BCUT2D eigenvalue weighted by Gasteiger charge is -2.32. The number of furan rings is 1. The molecule has 2 aliphatic rings. The van der Waals surface area contributed by atoms with Crippen LogP contribution in [0, 0.1) is 18.7 Å². The Hall–Kier alpha value is -3.46. The highest BCUT2D eigenvalue weighted by Gasteiger charge is 2.27. The summed E-state index contributed by atoms with van der Waals surface area (Å²) in [5.74, 6) is 2.29. The van der Waals surface area contributed by atoms with Crippen LogP contribution < -0.4 is 15.0 Å². The van der Waals surface area contributed by atoms with E-state index in [2.05, 4.69) is 20.2 Å². The molecule has 1 aliphatic heterocycles. The number of halogens is 1. The number of aliphatic hydroxyl groups is 1. The molecule has 3 aromatic rings. The van der Waals surface area contributed by atoms with Crippen molar-refractivity contribution in [1.29, 1.82) is 0 Å². The van der Waals surface area contributed by atoms with Crippen molar-refractivity contribution in [2.24, 2.45) is 5.92 Å². The number of amides is 1. The fraction of sp³-hybridized carbons (Fsp3) is 0.483. The first-order valence-electron chi connectivity index (χ1n) is 13.5. The van der Waals surface area contributed by atoms with Gasteiger partial charge in [0.2, 0.25) is 5.95 Å². The minimum absolute atomic E-state index is 0.0297. The van der Waals surface area contributed by atoms with Crippen molar-refractivity contribution < 1.29 is 23.4 Å². The van der Waals surface area contributed by atoms with E-state index in [9.17, 15) is 14.3 Å². The van der Waals surface area contributed by atoms with Crippen LogP contribution in [0.15, 0.2) is 47.1 Å². The number of aromatic nitrogens is 2. The molecule has 2 aromatic heterocycles. The van der Waals surface area contributed by atoms with Crippen LogP contribution in [0.25, 0.3) is 11.3 Å². The molecular weight excluding hydrogens is 487 g/mol. The highest BCUT2D eigenvalue weighted by Crippen LogP contribution is 2.26. The monoisotopic (exact) mass is 522 g/mol. The summed E-state index contributed by atoms with van der Waals surface area (Å²) in [6.45, 7) is 4.24. The molecule has 0 unspecified atom stereocenters. The van der Waals surface area contributed by atoms with Gasteiger partial charge in [-0.05, 0) is 82.1 Å². The third kappa shape index (κ3) is 6.32. The maximum Gasteiger partial charge on any atom is 0.254 e. The van der Waals surface area contributed by atoms with Gasteiger partial charge in [0.15, 0.2) is 0 Å². The molecule has 38 heavy (non-hydrogen) atoms. The van der Waals surface area contributed by atoms with E-state index in [0.717, 1.165) is 68.2 Å². The van der Waals surface area contributed by atoms with E-state index in [-0.39, 0.29) is 11.6 Å². The molecule has 9 heteroatoms. The average Bonchev–Trinajstić information content (AvgIpc) is 3.55. The van der Waals surface area contributed by atoms with Gasteiger partial charge in [-0.1, -0.05) is 0 Å². The van der Waals surface area contributed by atoms with Crippen molar-refractivity contribution in [3.05, 3.63) is 59.9 Å². The fourth-order valence-corrected chi connectivity index (χ4v) is 5.31. The summed E-state index contributed by atoms with van der Waals surface area (Å²) < 4.78 is 25.9. The van der Waals surface area contributed by atoms with Crippen molar-refractivity contribution in [1.82, 2.24) is 15.3 Å². The van der Waals surface area contributed by atoms with Crippen LogP contribution in [-0.4, -0.2) is 52.8 Å². The molecule has 2 N–H and O–H groups in total. The Morgan fingerprint density at radius 2 is 1.95 bits per heavy atom. The third-order valence-electron chi connectivity index (χ3n) is 7.57. The second-order valence-corrected chi connectivity index (χ2v) is 10.3. The minimum Gasteiger partial charge on any atom is -0.493 e. The predicted molar refractivity (Wildman–Crippen MR) is 142 cm³/mol. The zero-order valence-corrected chi connectivity index (χ0v) is 21.7. The number of nitrogens with one attached hydrogen (secondary N) is 1. The van der Waals surface area contributed by atoms with Gasteiger partial charge in [0.05, 0.1) is 29.9 Å². The summed E-state index contributed by atoms with van der Waals surface area (Å²) in [5.41, 5.74) is 0.844. The predicted octanol–water partition coefficient (Wildman–Crippen LogP) is 4.90. The second kappa shape index (κ2) is 11.9. The molecule has 1 amide bonds. The maximum atomic E-state index is 14.5. The van der Waals surface area contributed by atoms with Crippen LogP contribution in [0.4, 0.5) is 10.3 Å². The van der Waals surface area contributed by atoms with Crippen molar-refractivity contribution in [2.45, 2.75) is 64.0 Å². The lowest BCUT2D eigenvalue weighted by Crippen LogP contribution is -2.40. The third-order valence-corrected chi connectivity index (χ3v) is 7.57. The van der Waals surface area contributed by atoms with E-state index in [0.29, 0.717) is 31.1 Å². The van der Waals surface area contributed by atoms with E-state index >= 15 is 0 Å². The lowest BCUT2D eigenvalue weighted by molar-refractivity contribution is 0.0869. The van der Waals surface area contributed by atoms with Gasteiger partial charge in [0.25, 0.3) is 5.91 Å². The highest BCUT2D eigenvalue weighted by molar-refractivity contribution is 5.94. The quantitative estimate of drug-likeness (QED) is 0.386. The molecule has 2 atom stereocenters. The second-order valence-electron chi connectivity index (χ2n) is 10.3. The molecule has 8 nitrogen and oxygen atoms in total. The topological polar surface area (TPSA) is 101 Å². The number of hydrogen-bond acceptors (Lipinski definition) is 7. The number of aryl methyl sites for hydroxylation is 1. The molecule has 1 aliphatic carbocycles. The molecule has 1 saturated heterocycles. The van der Waals surface area contributed by atoms with Crippen molar-refractivity contribution in [3.63, 3.8) is 0 Å². The Morgan fingerprint density at radius 1 is 1.16 bits per heavy atom. The first kappa shape index (κ1) is 26.2. The van der Waals surface area contributed by atoms with E-state index in [1.54, 1.807) is 6.07 Å². The maximum absolute atomic E-state index is 14.5. The van der Waals surface area contributed by atoms with Gasteiger partial charge in [-0.15, -0.1) is 0 Å². The number of carbonyl (C=O) groups excluding carboxylic acids is 1. The Balaban J connectivity index is 1.02. The number of piperidine rings is 1. The van der Waals surface area contributed by atoms with Crippen molar-refractivity contribution >= 4 is 11.9 Å². The number of nitrogens with zero attached hydrogens (tertiary/aromatic N) is 3. The lowest BCUT2D eigenvalue weighted by atomic mass is 9.92. The molecule has 3 heterocycles. The summed E-state index contributed by atoms with van der Waals surface area (Å²) in [6.07, 6.45) is 9.34. The van der Waals surface area contributed by atoms with E-state index < -0.39 is 17.8 Å². The van der Waals surface area contributed by atoms with Gasteiger partial charge in [0, 0.05) is 31.5 Å². The van der Waals surface area contributed by atoms with Crippen LogP contribution >= 0.6 is 0 Å². The number of anilines is 1. The highest BCUT2D eigenvalue weighted by atomic mass is 19.1. The molecule has 5 rings (SSSR count). The Morgan fingerprint density at radius 3 is 2.61 bits per heavy atom. The van der Waals surface area contributed by atoms with Gasteiger partial charge in [-0.3, -0.25) is 4.79 Å². The Kier molecular flexibility index (Phi) is 8.22. The number of rotatable bonds is 9. The summed E-state index contributed by atoms with van der Waals surface area (Å²) in [6, 6.07) is 7.88. The number of carbonyl (C=O) groups is 1. The minimum atomic E-state index is -0.616. The van der Waals surface area contributed by atoms with Crippen molar-refractivity contribution in [3.8, 4) is 17.1 Å². The molecule has 1 aromatic carbocycles. The summed E-state index contributed by atoms with van der Waals surface area (Å²) in [7, 11) is 0. The average molecular weight is 523 g/mol. The molecule has 2 fully saturated rings. The fourth-order valence-electron chi connectivity index (χ4n) is 5.31. The first-order valence-corrected chi connectivity index (χ1v) is 13.5. The molecular formula is C29H35FN4O4. The zero-order valence-electron chi connectivity index (χ0n) is 21.7. The van der Waals surface area contributed by atoms with Gasteiger partial charge in [0.1, 0.15) is 23.1 Å². The Bertz CT molecular complexity index is 1220. The summed E-state index contributed by atoms with van der Waals surface area (Å²) >= 11 is 0. The van der Waals surface area contributed by atoms with E-state index in [1.165, 1.54) is 12.1 Å². The van der Waals surface area contributed by atoms with E-state index in [1.807, 2.05) is 31.5 Å². The van der Waals surface area contributed by atoms with E-state index in [4.69, 9.17) is 9.15 Å².